The molecule has 0 radical (unpaired) electrons. The largest absolute Gasteiger partial charge is 0.467 e. The molecule has 2 heterocycles. The van der Waals surface area contributed by atoms with E-state index in [-0.39, 0.29) is 24.8 Å². The fraction of sp³-hybridized carbons (Fsp3) is 0.300. The predicted molar refractivity (Wildman–Crippen MR) is 98.3 cm³/mol. The molecule has 1 aromatic carbocycles. The lowest BCUT2D eigenvalue weighted by molar-refractivity contribution is -0.686. The van der Waals surface area contributed by atoms with Crippen LogP contribution in [-0.4, -0.2) is 25.2 Å². The van der Waals surface area contributed by atoms with E-state index in [1.165, 1.54) is 12.3 Å². The first kappa shape index (κ1) is 20.5. The minimum atomic E-state index is -0.928. The SMILES string of the molecule is CCOC(=O)C1=C(C[NH2+][C@H](C)c2ccc(F)c(F)c2)NC(=O)N[C@H]1c1ccco1. The van der Waals surface area contributed by atoms with Gasteiger partial charge in [-0.05, 0) is 44.2 Å². The molecule has 0 unspecified atom stereocenters. The van der Waals surface area contributed by atoms with Crippen molar-refractivity contribution < 1.29 is 32.8 Å². The van der Waals surface area contributed by atoms with Crippen LogP contribution in [0.15, 0.2) is 52.3 Å². The number of halogens is 2. The minimum absolute atomic E-state index is 0.170. The van der Waals surface area contributed by atoms with Crippen LogP contribution in [-0.2, 0) is 9.53 Å². The Morgan fingerprint density at radius 1 is 1.31 bits per heavy atom. The summed E-state index contributed by atoms with van der Waals surface area (Å²) in [6.07, 6.45) is 1.45. The number of ether oxygens (including phenoxy) is 1. The minimum Gasteiger partial charge on any atom is -0.467 e. The highest BCUT2D eigenvalue weighted by Gasteiger charge is 2.36. The third kappa shape index (κ3) is 4.62. The van der Waals surface area contributed by atoms with Crippen LogP contribution in [0.2, 0.25) is 0 Å². The maximum Gasteiger partial charge on any atom is 0.338 e. The van der Waals surface area contributed by atoms with E-state index in [1.807, 2.05) is 6.92 Å². The van der Waals surface area contributed by atoms with E-state index in [9.17, 15) is 18.4 Å². The molecule has 4 N–H and O–H groups in total. The summed E-state index contributed by atoms with van der Waals surface area (Å²) in [6, 6.07) is 5.47. The summed E-state index contributed by atoms with van der Waals surface area (Å²) in [6.45, 7) is 3.87. The number of nitrogens with two attached hydrogens (primary N) is 1. The summed E-state index contributed by atoms with van der Waals surface area (Å²) in [5.41, 5.74) is 1.17. The van der Waals surface area contributed by atoms with Gasteiger partial charge in [-0.25, -0.2) is 18.4 Å². The molecule has 0 spiro atoms. The molecule has 154 valence electrons. The van der Waals surface area contributed by atoms with Gasteiger partial charge in [0.05, 0.1) is 24.1 Å². The number of furan rings is 1. The predicted octanol–water partition coefficient (Wildman–Crippen LogP) is 2.05. The van der Waals surface area contributed by atoms with Gasteiger partial charge in [0.2, 0.25) is 0 Å². The highest BCUT2D eigenvalue weighted by Crippen LogP contribution is 2.27. The van der Waals surface area contributed by atoms with Gasteiger partial charge in [-0.15, -0.1) is 0 Å². The summed E-state index contributed by atoms with van der Waals surface area (Å²) < 4.78 is 37.2. The van der Waals surface area contributed by atoms with Crippen molar-refractivity contribution >= 4 is 12.0 Å². The van der Waals surface area contributed by atoms with E-state index in [0.717, 1.165) is 12.1 Å². The Hall–Kier alpha value is -3.20. The number of urea groups is 1. The monoisotopic (exact) mass is 406 g/mol. The number of quaternary nitrogens is 1. The van der Waals surface area contributed by atoms with Crippen molar-refractivity contribution in [3.8, 4) is 0 Å². The van der Waals surface area contributed by atoms with Crippen molar-refractivity contribution in [1.29, 1.82) is 0 Å². The molecule has 0 fully saturated rings. The molecular formula is C20H22F2N3O4+. The van der Waals surface area contributed by atoms with Gasteiger partial charge in [-0.3, -0.25) is 0 Å². The van der Waals surface area contributed by atoms with Crippen LogP contribution in [0.4, 0.5) is 13.6 Å². The first-order valence-electron chi connectivity index (χ1n) is 9.20. The molecule has 0 bridgehead atoms. The molecule has 1 aliphatic rings. The fourth-order valence-electron chi connectivity index (χ4n) is 3.12. The van der Waals surface area contributed by atoms with Gasteiger partial charge in [0.1, 0.15) is 24.4 Å². The molecule has 29 heavy (non-hydrogen) atoms. The zero-order valence-corrected chi connectivity index (χ0v) is 16.0. The van der Waals surface area contributed by atoms with Crippen LogP contribution in [0.3, 0.4) is 0 Å². The molecule has 3 rings (SSSR count). The molecule has 9 heteroatoms. The smallest absolute Gasteiger partial charge is 0.338 e. The average molecular weight is 406 g/mol. The van der Waals surface area contributed by atoms with E-state index < -0.39 is 29.7 Å². The summed E-state index contributed by atoms with van der Waals surface area (Å²) in [5.74, 6) is -2.03. The molecule has 0 saturated carbocycles. The van der Waals surface area contributed by atoms with Crippen molar-refractivity contribution in [2.75, 3.05) is 13.2 Å². The first-order chi connectivity index (χ1) is 13.9. The molecule has 2 aromatic rings. The van der Waals surface area contributed by atoms with Crippen LogP contribution in [0.5, 0.6) is 0 Å². The fourth-order valence-corrected chi connectivity index (χ4v) is 3.12. The van der Waals surface area contributed by atoms with Crippen molar-refractivity contribution in [1.82, 2.24) is 10.6 Å². The second-order valence-electron chi connectivity index (χ2n) is 6.56. The van der Waals surface area contributed by atoms with Gasteiger partial charge in [0.25, 0.3) is 0 Å². The van der Waals surface area contributed by atoms with Crippen molar-refractivity contribution in [3.63, 3.8) is 0 Å². The number of hydrogen-bond acceptors (Lipinski definition) is 4. The number of carbonyl (C=O) groups excluding carboxylic acids is 2. The molecule has 1 aliphatic heterocycles. The van der Waals surface area contributed by atoms with Crippen LogP contribution < -0.4 is 16.0 Å². The molecule has 0 aliphatic carbocycles. The number of amides is 2. The Kier molecular flexibility index (Phi) is 6.28. The number of carbonyl (C=O) groups is 2. The van der Waals surface area contributed by atoms with Crippen molar-refractivity contribution in [2.24, 2.45) is 0 Å². The third-order valence-corrected chi connectivity index (χ3v) is 4.62. The summed E-state index contributed by atoms with van der Waals surface area (Å²) in [5, 5.41) is 7.11. The van der Waals surface area contributed by atoms with Crippen molar-refractivity contribution in [3.05, 3.63) is 70.8 Å². The second-order valence-corrected chi connectivity index (χ2v) is 6.56. The summed E-state index contributed by atoms with van der Waals surface area (Å²) in [7, 11) is 0. The quantitative estimate of drug-likeness (QED) is 0.613. The topological polar surface area (TPSA) is 97.2 Å². The van der Waals surface area contributed by atoms with Gasteiger partial charge in [-0.1, -0.05) is 0 Å². The molecule has 0 saturated heterocycles. The van der Waals surface area contributed by atoms with Gasteiger partial charge in [-0.2, -0.15) is 0 Å². The van der Waals surface area contributed by atoms with Crippen LogP contribution >= 0.6 is 0 Å². The highest BCUT2D eigenvalue weighted by molar-refractivity contribution is 5.95. The number of benzene rings is 1. The van der Waals surface area contributed by atoms with Crippen LogP contribution in [0.1, 0.15) is 37.3 Å². The highest BCUT2D eigenvalue weighted by atomic mass is 19.2. The maximum absolute atomic E-state index is 13.5. The number of hydrogen-bond donors (Lipinski definition) is 3. The van der Waals surface area contributed by atoms with Gasteiger partial charge in [0.15, 0.2) is 11.6 Å². The van der Waals surface area contributed by atoms with Gasteiger partial charge < -0.3 is 25.1 Å². The normalized spacial score (nSPS) is 17.5. The molecular weight excluding hydrogens is 384 g/mol. The lowest BCUT2D eigenvalue weighted by Gasteiger charge is -2.27. The lowest BCUT2D eigenvalue weighted by Crippen LogP contribution is -2.86. The summed E-state index contributed by atoms with van der Waals surface area (Å²) in [4.78, 5) is 24.7. The average Bonchev–Trinajstić information content (AvgIpc) is 3.22. The zero-order chi connectivity index (χ0) is 21.0. The van der Waals surface area contributed by atoms with E-state index >= 15 is 0 Å². The Bertz CT molecular complexity index is 928. The molecule has 2 atom stereocenters. The second kappa shape index (κ2) is 8.87. The molecule has 1 aromatic heterocycles. The van der Waals surface area contributed by atoms with Crippen LogP contribution in [0.25, 0.3) is 0 Å². The summed E-state index contributed by atoms with van der Waals surface area (Å²) >= 11 is 0. The van der Waals surface area contributed by atoms with E-state index in [0.29, 0.717) is 17.0 Å². The Morgan fingerprint density at radius 2 is 2.10 bits per heavy atom. The standard InChI is InChI=1S/C20H21F2N3O4/c1-3-28-19(26)17-15(24-20(27)25-18(17)16-5-4-8-29-16)10-23-11(2)12-6-7-13(21)14(22)9-12/h4-9,11,18,23H,3,10H2,1-2H3,(H2,24,25,27)/p+1/t11-,18+/m1/s1. The number of esters is 1. The Morgan fingerprint density at radius 3 is 2.76 bits per heavy atom. The maximum atomic E-state index is 13.5. The lowest BCUT2D eigenvalue weighted by atomic mass is 9.99. The third-order valence-electron chi connectivity index (χ3n) is 4.62. The molecule has 2 amide bonds. The van der Waals surface area contributed by atoms with E-state index in [4.69, 9.17) is 9.15 Å². The Balaban J connectivity index is 1.87. The van der Waals surface area contributed by atoms with Crippen molar-refractivity contribution in [2.45, 2.75) is 25.9 Å². The zero-order valence-electron chi connectivity index (χ0n) is 16.0. The van der Waals surface area contributed by atoms with E-state index in [1.54, 1.807) is 24.4 Å². The number of rotatable bonds is 7. The number of nitrogens with one attached hydrogen (secondary N) is 2. The first-order valence-corrected chi connectivity index (χ1v) is 9.20. The van der Waals surface area contributed by atoms with Gasteiger partial charge >= 0.3 is 12.0 Å². The van der Waals surface area contributed by atoms with Crippen LogP contribution in [0, 0.1) is 11.6 Å². The van der Waals surface area contributed by atoms with Gasteiger partial charge in [0, 0.05) is 5.56 Å². The molecule has 7 nitrogen and oxygen atoms in total. The van der Waals surface area contributed by atoms with E-state index in [2.05, 4.69) is 10.6 Å². The Labute approximate surface area is 166 Å².